The van der Waals surface area contributed by atoms with Gasteiger partial charge in [0.05, 0.1) is 19.2 Å². The summed E-state index contributed by atoms with van der Waals surface area (Å²) in [7, 11) is 7.61. The number of hydrogen-bond donors (Lipinski definition) is 0. The van der Waals surface area contributed by atoms with Gasteiger partial charge in [0.15, 0.2) is 5.78 Å². The number of hydrogen-bond acceptors (Lipinski definition) is 4. The first-order valence-corrected chi connectivity index (χ1v) is 6.45. The van der Waals surface area contributed by atoms with E-state index in [9.17, 15) is 4.79 Å². The van der Waals surface area contributed by atoms with Crippen molar-refractivity contribution in [2.24, 2.45) is 0 Å². The summed E-state index contributed by atoms with van der Waals surface area (Å²) in [5, 5.41) is 0. The lowest BCUT2D eigenvalue weighted by atomic mass is 10.1. The Hall–Kier alpha value is -1.39. The number of Topliss-reactive ketones (excluding diaryl/α,β-unsaturated/α-hetero) is 1. The minimum Gasteiger partial charge on any atom is -0.496 e. The highest BCUT2D eigenvalue weighted by molar-refractivity contribution is 6.00. The van der Waals surface area contributed by atoms with Crippen LogP contribution in [0.1, 0.15) is 15.9 Å². The van der Waals surface area contributed by atoms with Crippen molar-refractivity contribution < 1.29 is 9.53 Å². The maximum Gasteiger partial charge on any atom is 0.180 e. The van der Waals surface area contributed by atoms with Gasteiger partial charge in [0, 0.05) is 13.1 Å². The van der Waals surface area contributed by atoms with Crippen LogP contribution in [-0.2, 0) is 0 Å². The van der Waals surface area contributed by atoms with Crippen LogP contribution >= 0.6 is 0 Å². The maximum atomic E-state index is 12.3. The van der Waals surface area contributed by atoms with Crippen LogP contribution in [0.25, 0.3) is 0 Å². The van der Waals surface area contributed by atoms with Crippen molar-refractivity contribution in [2.75, 3.05) is 47.9 Å². The van der Waals surface area contributed by atoms with E-state index in [0.717, 1.165) is 18.7 Å². The first kappa shape index (κ1) is 15.7. The fraction of sp³-hybridized carbons (Fsp3) is 0.533. The fourth-order valence-corrected chi connectivity index (χ4v) is 1.81. The maximum absolute atomic E-state index is 12.3. The molecule has 4 nitrogen and oxygen atoms in total. The number of benzene rings is 1. The largest absolute Gasteiger partial charge is 0.496 e. The van der Waals surface area contributed by atoms with Crippen molar-refractivity contribution in [1.82, 2.24) is 9.80 Å². The lowest BCUT2D eigenvalue weighted by Crippen LogP contribution is -2.32. The van der Waals surface area contributed by atoms with E-state index in [1.807, 2.05) is 51.2 Å². The highest BCUT2D eigenvalue weighted by atomic mass is 16.5. The van der Waals surface area contributed by atoms with E-state index < -0.39 is 0 Å². The Morgan fingerprint density at radius 1 is 1.21 bits per heavy atom. The molecule has 0 atom stereocenters. The van der Waals surface area contributed by atoms with Gasteiger partial charge in [0.1, 0.15) is 5.75 Å². The molecule has 1 aromatic rings. The third-order valence-corrected chi connectivity index (χ3v) is 3.00. The Kier molecular flexibility index (Phi) is 5.99. The molecule has 0 bridgehead atoms. The number of carbonyl (C=O) groups excluding carboxylic acids is 1. The second kappa shape index (κ2) is 7.26. The fourth-order valence-electron chi connectivity index (χ4n) is 1.81. The molecule has 0 aliphatic rings. The molecule has 0 aromatic heterocycles. The first-order valence-electron chi connectivity index (χ1n) is 6.45. The molecule has 0 saturated carbocycles. The molecular weight excluding hydrogens is 240 g/mol. The number of likely N-dealkylation sites (N-methyl/N-ethyl adjacent to an activating group) is 2. The van der Waals surface area contributed by atoms with Gasteiger partial charge < -0.3 is 9.64 Å². The molecule has 1 aromatic carbocycles. The Labute approximate surface area is 116 Å². The molecule has 0 aliphatic heterocycles. The number of ketones is 1. The van der Waals surface area contributed by atoms with Crippen LogP contribution in [0.3, 0.4) is 0 Å². The van der Waals surface area contributed by atoms with Crippen molar-refractivity contribution in [2.45, 2.75) is 6.92 Å². The number of carbonyl (C=O) groups is 1. The van der Waals surface area contributed by atoms with E-state index in [1.165, 1.54) is 0 Å². The molecule has 0 unspecified atom stereocenters. The Balaban J connectivity index is 2.67. The molecule has 0 spiro atoms. The molecule has 4 heteroatoms. The van der Waals surface area contributed by atoms with E-state index in [4.69, 9.17) is 4.74 Å². The summed E-state index contributed by atoms with van der Waals surface area (Å²) in [6.07, 6.45) is 0. The Morgan fingerprint density at radius 2 is 1.89 bits per heavy atom. The predicted molar refractivity (Wildman–Crippen MR) is 78.1 cm³/mol. The van der Waals surface area contributed by atoms with Crippen LogP contribution in [0.2, 0.25) is 0 Å². The van der Waals surface area contributed by atoms with Crippen LogP contribution in [0.5, 0.6) is 5.75 Å². The molecule has 0 N–H and O–H groups in total. The van der Waals surface area contributed by atoms with Gasteiger partial charge in [-0.05, 0) is 45.8 Å². The number of methoxy groups -OCH3 is 1. The van der Waals surface area contributed by atoms with Crippen LogP contribution in [-0.4, -0.2) is 63.5 Å². The average Bonchev–Trinajstić information content (AvgIpc) is 2.35. The normalized spacial score (nSPS) is 11.1. The zero-order valence-electron chi connectivity index (χ0n) is 12.6. The average molecular weight is 264 g/mol. The molecule has 106 valence electrons. The van der Waals surface area contributed by atoms with Gasteiger partial charge in [-0.2, -0.15) is 0 Å². The third kappa shape index (κ3) is 5.01. The third-order valence-electron chi connectivity index (χ3n) is 3.00. The molecule has 19 heavy (non-hydrogen) atoms. The van der Waals surface area contributed by atoms with Gasteiger partial charge in [-0.25, -0.2) is 0 Å². The molecule has 0 fully saturated rings. The van der Waals surface area contributed by atoms with E-state index in [1.54, 1.807) is 7.11 Å². The van der Waals surface area contributed by atoms with E-state index in [-0.39, 0.29) is 5.78 Å². The summed E-state index contributed by atoms with van der Waals surface area (Å²) >= 11 is 0. The monoisotopic (exact) mass is 264 g/mol. The van der Waals surface area contributed by atoms with Gasteiger partial charge in [0.25, 0.3) is 0 Å². The zero-order chi connectivity index (χ0) is 14.4. The number of ether oxygens (including phenoxy) is 1. The Morgan fingerprint density at radius 3 is 2.47 bits per heavy atom. The molecule has 0 amide bonds. The van der Waals surface area contributed by atoms with Crippen LogP contribution in [0.4, 0.5) is 0 Å². The van der Waals surface area contributed by atoms with E-state index in [2.05, 4.69) is 4.90 Å². The van der Waals surface area contributed by atoms with Crippen molar-refractivity contribution in [1.29, 1.82) is 0 Å². The van der Waals surface area contributed by atoms with Gasteiger partial charge in [-0.1, -0.05) is 6.07 Å². The highest BCUT2D eigenvalue weighted by Gasteiger charge is 2.14. The van der Waals surface area contributed by atoms with Crippen molar-refractivity contribution in [3.8, 4) is 5.75 Å². The highest BCUT2D eigenvalue weighted by Crippen LogP contribution is 2.20. The summed E-state index contributed by atoms with van der Waals surface area (Å²) in [6, 6.07) is 5.68. The second-order valence-corrected chi connectivity index (χ2v) is 5.17. The quantitative estimate of drug-likeness (QED) is 0.702. The van der Waals surface area contributed by atoms with E-state index >= 15 is 0 Å². The zero-order valence-corrected chi connectivity index (χ0v) is 12.6. The summed E-state index contributed by atoms with van der Waals surface area (Å²) in [6.45, 7) is 4.20. The standard InChI is InChI=1S/C15H24N2O2/c1-12-6-7-13(15(10-12)19-5)14(18)11-17(4)9-8-16(2)3/h6-7,10H,8-9,11H2,1-5H3. The molecule has 0 saturated heterocycles. The lowest BCUT2D eigenvalue weighted by Gasteiger charge is -2.19. The van der Waals surface area contributed by atoms with Crippen molar-refractivity contribution >= 4 is 5.78 Å². The smallest absolute Gasteiger partial charge is 0.180 e. The first-order chi connectivity index (χ1) is 8.93. The second-order valence-electron chi connectivity index (χ2n) is 5.17. The molecule has 0 heterocycles. The summed E-state index contributed by atoms with van der Waals surface area (Å²) in [5.41, 5.74) is 1.75. The SMILES string of the molecule is COc1cc(C)ccc1C(=O)CN(C)CCN(C)C. The predicted octanol–water partition coefficient (Wildman–Crippen LogP) is 1.68. The molecule has 0 aliphatic carbocycles. The summed E-state index contributed by atoms with van der Waals surface area (Å²) in [4.78, 5) is 16.4. The number of rotatable bonds is 7. The lowest BCUT2D eigenvalue weighted by molar-refractivity contribution is 0.0939. The minimum absolute atomic E-state index is 0.0955. The van der Waals surface area contributed by atoms with Gasteiger partial charge >= 0.3 is 0 Å². The van der Waals surface area contributed by atoms with Gasteiger partial charge in [0.2, 0.25) is 0 Å². The topological polar surface area (TPSA) is 32.8 Å². The van der Waals surface area contributed by atoms with Crippen LogP contribution in [0, 0.1) is 6.92 Å². The molecule has 1 rings (SSSR count). The number of nitrogens with zero attached hydrogens (tertiary/aromatic N) is 2. The van der Waals surface area contributed by atoms with Crippen molar-refractivity contribution in [3.05, 3.63) is 29.3 Å². The van der Waals surface area contributed by atoms with Gasteiger partial charge in [-0.3, -0.25) is 9.69 Å². The van der Waals surface area contributed by atoms with Crippen LogP contribution in [0.15, 0.2) is 18.2 Å². The molecular formula is C15H24N2O2. The minimum atomic E-state index is 0.0955. The van der Waals surface area contributed by atoms with Gasteiger partial charge in [-0.15, -0.1) is 0 Å². The van der Waals surface area contributed by atoms with Crippen molar-refractivity contribution in [3.63, 3.8) is 0 Å². The summed E-state index contributed by atoms with van der Waals surface area (Å²) in [5.74, 6) is 0.754. The van der Waals surface area contributed by atoms with Crippen LogP contribution < -0.4 is 4.74 Å². The number of aryl methyl sites for hydroxylation is 1. The molecule has 0 radical (unpaired) electrons. The summed E-state index contributed by atoms with van der Waals surface area (Å²) < 4.78 is 5.28. The van der Waals surface area contributed by atoms with E-state index in [0.29, 0.717) is 17.9 Å². The Bertz CT molecular complexity index is 430.